The van der Waals surface area contributed by atoms with Crippen molar-refractivity contribution in [3.63, 3.8) is 0 Å². The van der Waals surface area contributed by atoms with Gasteiger partial charge >= 0.3 is 0 Å². The minimum atomic E-state index is -0.0104. The fourth-order valence-electron chi connectivity index (χ4n) is 3.00. The number of carbonyl (C=O) groups excluding carboxylic acids is 1. The van der Waals surface area contributed by atoms with Crippen molar-refractivity contribution in [3.05, 3.63) is 23.1 Å². The van der Waals surface area contributed by atoms with E-state index in [4.69, 9.17) is 16.0 Å². The second-order valence-corrected chi connectivity index (χ2v) is 6.44. The van der Waals surface area contributed by atoms with E-state index in [1.807, 2.05) is 4.90 Å². The van der Waals surface area contributed by atoms with Crippen LogP contribution in [0.25, 0.3) is 0 Å². The Morgan fingerprint density at radius 2 is 2.00 bits per heavy atom. The Morgan fingerprint density at radius 3 is 2.53 bits per heavy atom. The number of alkyl halides is 1. The summed E-state index contributed by atoms with van der Waals surface area (Å²) in [6.07, 6.45) is 4.28. The molecule has 3 heterocycles. The normalized spacial score (nSPS) is 31.9. The third-order valence-corrected chi connectivity index (χ3v) is 4.64. The summed E-state index contributed by atoms with van der Waals surface area (Å²) in [6.45, 7) is 0. The van der Waals surface area contributed by atoms with Gasteiger partial charge in [0.1, 0.15) is 0 Å². The highest BCUT2D eigenvalue weighted by Gasteiger charge is 2.43. The lowest BCUT2D eigenvalue weighted by atomic mass is 10.0. The first-order valence-corrected chi connectivity index (χ1v) is 7.16. The van der Waals surface area contributed by atoms with Crippen LogP contribution in [0.1, 0.15) is 36.2 Å². The highest BCUT2D eigenvalue weighted by molar-refractivity contribution is 9.09. The molecule has 5 heteroatoms. The number of furan rings is 1. The van der Waals surface area contributed by atoms with E-state index in [9.17, 15) is 4.79 Å². The van der Waals surface area contributed by atoms with Crippen LogP contribution in [-0.2, 0) is 0 Å². The van der Waals surface area contributed by atoms with Gasteiger partial charge in [-0.2, -0.15) is 0 Å². The number of fused-ring (bicyclic) bond motifs is 2. The zero-order valence-electron chi connectivity index (χ0n) is 9.23. The van der Waals surface area contributed by atoms with Crippen LogP contribution >= 0.6 is 27.5 Å². The molecule has 2 unspecified atom stereocenters. The molecule has 2 saturated heterocycles. The van der Waals surface area contributed by atoms with Crippen molar-refractivity contribution in [3.8, 4) is 0 Å². The van der Waals surface area contributed by atoms with E-state index in [1.165, 1.54) is 0 Å². The number of halogens is 2. The molecule has 0 radical (unpaired) electrons. The van der Waals surface area contributed by atoms with Crippen molar-refractivity contribution < 1.29 is 9.21 Å². The van der Waals surface area contributed by atoms with Gasteiger partial charge in [-0.1, -0.05) is 15.9 Å². The summed E-state index contributed by atoms with van der Waals surface area (Å²) in [5.74, 6) is 0.351. The van der Waals surface area contributed by atoms with Crippen molar-refractivity contribution in [2.75, 3.05) is 0 Å². The molecule has 2 aliphatic rings. The maximum Gasteiger partial charge on any atom is 0.290 e. The highest BCUT2D eigenvalue weighted by Crippen LogP contribution is 2.39. The average Bonchev–Trinajstić information content (AvgIpc) is 2.81. The van der Waals surface area contributed by atoms with Gasteiger partial charge in [0.25, 0.3) is 5.91 Å². The molecule has 3 rings (SSSR count). The lowest BCUT2D eigenvalue weighted by Gasteiger charge is -2.36. The van der Waals surface area contributed by atoms with Crippen LogP contribution in [0.4, 0.5) is 0 Å². The second kappa shape index (κ2) is 4.32. The lowest BCUT2D eigenvalue weighted by Crippen LogP contribution is -2.46. The lowest BCUT2D eigenvalue weighted by molar-refractivity contribution is 0.0571. The fraction of sp³-hybridized carbons (Fsp3) is 0.583. The van der Waals surface area contributed by atoms with Crippen LogP contribution in [-0.4, -0.2) is 27.7 Å². The van der Waals surface area contributed by atoms with Crippen molar-refractivity contribution >= 4 is 33.4 Å². The molecule has 0 saturated carbocycles. The van der Waals surface area contributed by atoms with Crippen molar-refractivity contribution in [1.82, 2.24) is 4.90 Å². The molecule has 3 nitrogen and oxygen atoms in total. The molecule has 1 aromatic rings. The average molecular weight is 319 g/mol. The van der Waals surface area contributed by atoms with Crippen LogP contribution in [0, 0.1) is 0 Å². The van der Waals surface area contributed by atoms with Gasteiger partial charge in [0, 0.05) is 16.9 Å². The predicted octanol–water partition coefficient (Wildman–Crippen LogP) is 3.46. The van der Waals surface area contributed by atoms with E-state index < -0.39 is 0 Å². The summed E-state index contributed by atoms with van der Waals surface area (Å²) in [5, 5.41) is 0.274. The van der Waals surface area contributed by atoms with E-state index in [1.54, 1.807) is 12.1 Å². The molecule has 1 amide bonds. The molecule has 0 N–H and O–H groups in total. The monoisotopic (exact) mass is 317 g/mol. The summed E-state index contributed by atoms with van der Waals surface area (Å²) in [7, 11) is 0. The molecule has 0 spiro atoms. The number of hydrogen-bond donors (Lipinski definition) is 0. The number of hydrogen-bond acceptors (Lipinski definition) is 2. The van der Waals surface area contributed by atoms with E-state index in [0.29, 0.717) is 22.7 Å². The third kappa shape index (κ3) is 2.02. The Bertz CT molecular complexity index is 433. The van der Waals surface area contributed by atoms with Crippen LogP contribution in [0.15, 0.2) is 16.5 Å². The van der Waals surface area contributed by atoms with Crippen LogP contribution in [0.5, 0.6) is 0 Å². The van der Waals surface area contributed by atoms with Crippen molar-refractivity contribution in [1.29, 1.82) is 0 Å². The van der Waals surface area contributed by atoms with E-state index in [2.05, 4.69) is 15.9 Å². The molecular formula is C12H13BrClNO2. The Hall–Kier alpha value is -0.480. The van der Waals surface area contributed by atoms with Gasteiger partial charge < -0.3 is 9.32 Å². The first-order valence-electron chi connectivity index (χ1n) is 5.87. The summed E-state index contributed by atoms with van der Waals surface area (Å²) in [6, 6.07) is 3.99. The molecule has 92 valence electrons. The van der Waals surface area contributed by atoms with E-state index >= 15 is 0 Å². The molecule has 2 aliphatic heterocycles. The zero-order chi connectivity index (χ0) is 12.0. The highest BCUT2D eigenvalue weighted by atomic mass is 79.9. The molecule has 0 aromatic carbocycles. The second-order valence-electron chi connectivity index (χ2n) is 4.77. The summed E-state index contributed by atoms with van der Waals surface area (Å²) >= 11 is 9.37. The van der Waals surface area contributed by atoms with Crippen LogP contribution in [0.3, 0.4) is 0 Å². The molecule has 17 heavy (non-hydrogen) atoms. The zero-order valence-corrected chi connectivity index (χ0v) is 11.6. The SMILES string of the molecule is O=C(c1ccc(Cl)o1)N1C2CCC1CC(Br)C2. The number of amides is 1. The van der Waals surface area contributed by atoms with Gasteiger partial charge in [-0.25, -0.2) is 0 Å². The topological polar surface area (TPSA) is 33.5 Å². The maximum atomic E-state index is 12.3. The Balaban J connectivity index is 1.83. The summed E-state index contributed by atoms with van der Waals surface area (Å²) in [4.78, 5) is 14.9. The first kappa shape index (κ1) is 11.6. The fourth-order valence-corrected chi connectivity index (χ4v) is 4.01. The maximum absolute atomic E-state index is 12.3. The Kier molecular flexibility index (Phi) is 2.95. The minimum absolute atomic E-state index is 0.0104. The first-order chi connectivity index (χ1) is 8.15. The van der Waals surface area contributed by atoms with Gasteiger partial charge in [-0.15, -0.1) is 0 Å². The molecule has 0 aliphatic carbocycles. The smallest absolute Gasteiger partial charge is 0.290 e. The van der Waals surface area contributed by atoms with Gasteiger partial charge in [0.15, 0.2) is 11.0 Å². The van der Waals surface area contributed by atoms with Crippen LogP contribution in [0.2, 0.25) is 5.22 Å². The molecule has 1 aromatic heterocycles. The summed E-state index contributed by atoms with van der Waals surface area (Å²) < 4.78 is 5.21. The Labute approximate surface area is 113 Å². The number of rotatable bonds is 1. The molecular weight excluding hydrogens is 305 g/mol. The number of carbonyl (C=O) groups is 1. The van der Waals surface area contributed by atoms with E-state index in [-0.39, 0.29) is 11.1 Å². The molecule has 2 atom stereocenters. The Morgan fingerprint density at radius 1 is 1.35 bits per heavy atom. The predicted molar refractivity (Wildman–Crippen MR) is 68.6 cm³/mol. The van der Waals surface area contributed by atoms with Gasteiger partial charge in [-0.05, 0) is 49.4 Å². The van der Waals surface area contributed by atoms with E-state index in [0.717, 1.165) is 25.7 Å². The number of piperidine rings is 1. The van der Waals surface area contributed by atoms with Gasteiger partial charge in [-0.3, -0.25) is 4.79 Å². The number of nitrogens with zero attached hydrogens (tertiary/aromatic N) is 1. The largest absolute Gasteiger partial charge is 0.440 e. The van der Waals surface area contributed by atoms with Crippen molar-refractivity contribution in [2.45, 2.75) is 42.6 Å². The van der Waals surface area contributed by atoms with Gasteiger partial charge in [0.2, 0.25) is 0 Å². The quantitative estimate of drug-likeness (QED) is 0.743. The van der Waals surface area contributed by atoms with Crippen molar-refractivity contribution in [2.24, 2.45) is 0 Å². The van der Waals surface area contributed by atoms with Crippen LogP contribution < -0.4 is 0 Å². The molecule has 2 fully saturated rings. The minimum Gasteiger partial charge on any atom is -0.440 e. The van der Waals surface area contributed by atoms with Gasteiger partial charge in [0.05, 0.1) is 0 Å². The third-order valence-electron chi connectivity index (χ3n) is 3.69. The standard InChI is InChI=1S/C12H13BrClNO2/c13-7-5-8-1-2-9(6-7)15(8)12(16)10-3-4-11(14)17-10/h3-4,7-9H,1-2,5-6H2. The molecule has 2 bridgehead atoms. The summed E-state index contributed by atoms with van der Waals surface area (Å²) in [5.41, 5.74) is 0.